The maximum atomic E-state index is 13.8. The topological polar surface area (TPSA) is 78.5 Å². The Bertz CT molecular complexity index is 1320. The Morgan fingerprint density at radius 1 is 0.742 bits per heavy atom. The Morgan fingerprint density at radius 2 is 1.23 bits per heavy atom. The van der Waals surface area contributed by atoms with Crippen LogP contribution in [0, 0.1) is 0 Å². The van der Waals surface area contributed by atoms with Crippen molar-refractivity contribution in [1.82, 2.24) is 30.0 Å². The summed E-state index contributed by atoms with van der Waals surface area (Å²) in [6.45, 7) is 6.45. The normalized spacial score (nSPS) is 12.1. The van der Waals surface area contributed by atoms with E-state index in [1.54, 1.807) is 9.36 Å². The highest BCUT2D eigenvalue weighted by Crippen LogP contribution is 2.26. The lowest BCUT2D eigenvalue weighted by Crippen LogP contribution is -2.29. The van der Waals surface area contributed by atoms with Gasteiger partial charge in [0, 0.05) is 5.56 Å². The smallest absolute Gasteiger partial charge is 0.210 e. The van der Waals surface area contributed by atoms with Crippen molar-refractivity contribution in [2.45, 2.75) is 32.4 Å². The predicted octanol–water partition coefficient (Wildman–Crippen LogP) is 4.40. The maximum Gasteiger partial charge on any atom is 0.210 e. The molecule has 0 saturated heterocycles. The Labute approximate surface area is 179 Å². The molecule has 0 amide bonds. The van der Waals surface area contributed by atoms with Crippen molar-refractivity contribution in [2.75, 3.05) is 0 Å². The molecule has 0 spiro atoms. The minimum Gasteiger partial charge on any atom is -0.290 e. The van der Waals surface area contributed by atoms with E-state index in [1.165, 1.54) is 0 Å². The van der Waals surface area contributed by atoms with Crippen molar-refractivity contribution in [1.29, 1.82) is 0 Å². The minimum atomic E-state index is -0.847. The van der Waals surface area contributed by atoms with Gasteiger partial charge in [-0.3, -0.25) is 4.79 Å². The molecule has 0 aliphatic heterocycles. The molecule has 154 valence electrons. The molecule has 2 aromatic heterocycles. The molecule has 31 heavy (non-hydrogen) atoms. The molecule has 0 N–H and O–H groups in total. The number of benzene rings is 3. The summed E-state index contributed by atoms with van der Waals surface area (Å²) in [4.78, 5) is 13.8. The van der Waals surface area contributed by atoms with E-state index in [-0.39, 0.29) is 11.2 Å². The molecule has 7 nitrogen and oxygen atoms in total. The highest BCUT2D eigenvalue weighted by Gasteiger charge is 2.29. The van der Waals surface area contributed by atoms with Crippen LogP contribution in [0.5, 0.6) is 0 Å². The third-order valence-electron chi connectivity index (χ3n) is 5.49. The van der Waals surface area contributed by atoms with E-state index < -0.39 is 6.17 Å². The van der Waals surface area contributed by atoms with Gasteiger partial charge < -0.3 is 0 Å². The van der Waals surface area contributed by atoms with Gasteiger partial charge in [0.15, 0.2) is 0 Å². The molecule has 0 bridgehead atoms. The molecule has 0 radical (unpaired) electrons. The summed E-state index contributed by atoms with van der Waals surface area (Å²) in [5, 5.41) is 17.1. The monoisotopic (exact) mass is 410 g/mol. The van der Waals surface area contributed by atoms with E-state index in [1.807, 2.05) is 72.8 Å². The number of hydrogen-bond donors (Lipinski definition) is 0. The highest BCUT2D eigenvalue weighted by atomic mass is 16.1. The summed E-state index contributed by atoms with van der Waals surface area (Å²) in [6, 6.07) is 22.9. The summed E-state index contributed by atoms with van der Waals surface area (Å²) < 4.78 is 3.24. The van der Waals surface area contributed by atoms with Gasteiger partial charge in [0.2, 0.25) is 11.9 Å². The fourth-order valence-corrected chi connectivity index (χ4v) is 3.74. The lowest BCUT2D eigenvalue weighted by Gasteiger charge is -2.20. The van der Waals surface area contributed by atoms with Crippen molar-refractivity contribution in [3.63, 3.8) is 0 Å². The minimum absolute atomic E-state index is 0.00515. The number of fused-ring (bicyclic) bond motifs is 2. The van der Waals surface area contributed by atoms with Gasteiger partial charge in [-0.05, 0) is 35.2 Å². The van der Waals surface area contributed by atoms with Crippen LogP contribution in [0.3, 0.4) is 0 Å². The lowest BCUT2D eigenvalue weighted by atomic mass is 9.86. The van der Waals surface area contributed by atoms with Crippen LogP contribution in [-0.2, 0) is 5.41 Å². The average molecular weight is 410 g/mol. The molecule has 3 aromatic carbocycles. The van der Waals surface area contributed by atoms with Crippen LogP contribution in [0.2, 0.25) is 0 Å². The van der Waals surface area contributed by atoms with Crippen molar-refractivity contribution in [2.24, 2.45) is 0 Å². The summed E-state index contributed by atoms with van der Waals surface area (Å²) >= 11 is 0. The lowest BCUT2D eigenvalue weighted by molar-refractivity contribution is 0.0890. The van der Waals surface area contributed by atoms with E-state index in [4.69, 9.17) is 0 Å². The first-order chi connectivity index (χ1) is 14.9. The molecule has 7 heteroatoms. The van der Waals surface area contributed by atoms with E-state index in [0.29, 0.717) is 16.6 Å². The standard InChI is InChI=1S/C24H22N6O/c1-24(2,3)17-14-12-16(13-15-17)22(31)23(29-20-10-6-4-8-18(20)25-27-29)30-21-11-7-5-9-19(21)26-28-30/h4-15,23H,1-3H3. The zero-order valence-electron chi connectivity index (χ0n) is 17.6. The molecule has 0 atom stereocenters. The van der Waals surface area contributed by atoms with Crippen LogP contribution in [-0.4, -0.2) is 35.8 Å². The fourth-order valence-electron chi connectivity index (χ4n) is 3.74. The third kappa shape index (κ3) is 3.28. The molecule has 0 aliphatic rings. The molecular weight excluding hydrogens is 388 g/mol. The summed E-state index contributed by atoms with van der Waals surface area (Å²) in [6.07, 6.45) is -0.847. The first-order valence-electron chi connectivity index (χ1n) is 10.2. The second kappa shape index (κ2) is 7.12. The quantitative estimate of drug-likeness (QED) is 0.410. The van der Waals surface area contributed by atoms with E-state index in [2.05, 4.69) is 41.4 Å². The number of nitrogens with zero attached hydrogens (tertiary/aromatic N) is 6. The number of ketones is 1. The van der Waals surface area contributed by atoms with Gasteiger partial charge in [-0.2, -0.15) is 0 Å². The van der Waals surface area contributed by atoms with Crippen molar-refractivity contribution in [3.05, 3.63) is 83.9 Å². The van der Waals surface area contributed by atoms with Crippen molar-refractivity contribution in [3.8, 4) is 0 Å². The highest BCUT2D eigenvalue weighted by molar-refractivity contribution is 6.00. The summed E-state index contributed by atoms with van der Waals surface area (Å²) in [5.74, 6) is -0.133. The van der Waals surface area contributed by atoms with Gasteiger partial charge in [0.25, 0.3) is 0 Å². The zero-order valence-corrected chi connectivity index (χ0v) is 17.6. The number of rotatable bonds is 4. The Morgan fingerprint density at radius 3 is 1.71 bits per heavy atom. The second-order valence-corrected chi connectivity index (χ2v) is 8.61. The third-order valence-corrected chi connectivity index (χ3v) is 5.49. The van der Waals surface area contributed by atoms with Crippen LogP contribution in [0.15, 0.2) is 72.8 Å². The number of hydrogen-bond acceptors (Lipinski definition) is 5. The number of carbonyl (C=O) groups is 1. The van der Waals surface area contributed by atoms with Crippen LogP contribution in [0.1, 0.15) is 42.9 Å². The maximum absolute atomic E-state index is 13.8. The van der Waals surface area contributed by atoms with E-state index >= 15 is 0 Å². The molecule has 0 unspecified atom stereocenters. The van der Waals surface area contributed by atoms with Crippen LogP contribution >= 0.6 is 0 Å². The van der Waals surface area contributed by atoms with Gasteiger partial charge in [-0.15, -0.1) is 10.2 Å². The Kier molecular flexibility index (Phi) is 4.39. The SMILES string of the molecule is CC(C)(C)c1ccc(C(=O)C(n2nnc3ccccc32)n2nnc3ccccc32)cc1. The van der Waals surface area contributed by atoms with Crippen molar-refractivity contribution >= 4 is 27.9 Å². The molecule has 0 aliphatic carbocycles. The largest absolute Gasteiger partial charge is 0.290 e. The van der Waals surface area contributed by atoms with Crippen LogP contribution in [0.25, 0.3) is 22.1 Å². The number of para-hydroxylation sites is 2. The second-order valence-electron chi connectivity index (χ2n) is 8.61. The average Bonchev–Trinajstić information content (AvgIpc) is 3.39. The van der Waals surface area contributed by atoms with Crippen LogP contribution in [0.4, 0.5) is 0 Å². The first kappa shape index (κ1) is 19.1. The van der Waals surface area contributed by atoms with Gasteiger partial charge in [-0.1, -0.05) is 79.7 Å². The van der Waals surface area contributed by atoms with E-state index in [0.717, 1.165) is 16.6 Å². The Balaban J connectivity index is 1.68. The molecule has 2 heterocycles. The summed E-state index contributed by atoms with van der Waals surface area (Å²) in [7, 11) is 0. The van der Waals surface area contributed by atoms with Gasteiger partial charge in [0.05, 0.1) is 11.0 Å². The molecule has 5 rings (SSSR count). The predicted molar refractivity (Wildman–Crippen MR) is 119 cm³/mol. The van der Waals surface area contributed by atoms with Crippen molar-refractivity contribution < 1.29 is 4.79 Å². The zero-order chi connectivity index (χ0) is 21.6. The van der Waals surface area contributed by atoms with E-state index in [9.17, 15) is 4.79 Å². The number of carbonyl (C=O) groups excluding carboxylic acids is 1. The molecular formula is C24H22N6O. The van der Waals surface area contributed by atoms with Gasteiger partial charge in [0.1, 0.15) is 11.0 Å². The fraction of sp³-hybridized carbons (Fsp3) is 0.208. The summed E-state index contributed by atoms with van der Waals surface area (Å²) in [5.41, 5.74) is 4.69. The first-order valence-corrected chi connectivity index (χ1v) is 10.2. The molecule has 0 saturated carbocycles. The Hall–Kier alpha value is -3.87. The molecule has 0 fully saturated rings. The number of Topliss-reactive ketones (excluding diaryl/α,β-unsaturated/α-hetero) is 1. The molecule has 5 aromatic rings. The van der Waals surface area contributed by atoms with Gasteiger partial charge >= 0.3 is 0 Å². The number of aromatic nitrogens is 6. The van der Waals surface area contributed by atoms with Gasteiger partial charge in [-0.25, -0.2) is 9.36 Å². The van der Waals surface area contributed by atoms with Crippen LogP contribution < -0.4 is 0 Å².